The molecule has 5 rings (SSSR count). The molecule has 1 unspecified atom stereocenters. The lowest BCUT2D eigenvalue weighted by atomic mass is 10.1. The van der Waals surface area contributed by atoms with E-state index in [1.54, 1.807) is 40.1 Å². The van der Waals surface area contributed by atoms with Crippen molar-refractivity contribution in [3.8, 4) is 11.5 Å². The molecule has 1 saturated heterocycles. The summed E-state index contributed by atoms with van der Waals surface area (Å²) in [6, 6.07) is 10.7. The summed E-state index contributed by atoms with van der Waals surface area (Å²) in [5.41, 5.74) is 1.03. The van der Waals surface area contributed by atoms with Gasteiger partial charge in [-0.05, 0) is 56.2 Å². The predicted molar refractivity (Wildman–Crippen MR) is 120 cm³/mol. The minimum absolute atomic E-state index is 0.157. The largest absolute Gasteiger partial charge is 0.465 e. The molecule has 10 heteroatoms. The fraction of sp³-hybridized carbons (Fsp3) is 0.333. The second-order valence-electron chi connectivity index (χ2n) is 8.82. The van der Waals surface area contributed by atoms with Crippen molar-refractivity contribution >= 4 is 29.0 Å². The van der Waals surface area contributed by atoms with Gasteiger partial charge in [0.2, 0.25) is 11.8 Å². The van der Waals surface area contributed by atoms with Crippen LogP contribution in [0.2, 0.25) is 0 Å². The van der Waals surface area contributed by atoms with Crippen LogP contribution in [0.5, 0.6) is 0 Å². The fourth-order valence-corrected chi connectivity index (χ4v) is 4.40. The molecule has 34 heavy (non-hydrogen) atoms. The maximum Gasteiger partial charge on any atom is 0.405 e. The van der Waals surface area contributed by atoms with E-state index in [9.17, 15) is 18.8 Å². The van der Waals surface area contributed by atoms with E-state index in [-0.39, 0.29) is 17.9 Å². The van der Waals surface area contributed by atoms with Crippen molar-refractivity contribution in [2.45, 2.75) is 31.3 Å². The van der Waals surface area contributed by atoms with Crippen molar-refractivity contribution in [2.24, 2.45) is 0 Å². The molecule has 0 radical (unpaired) electrons. The minimum atomic E-state index is -1.21. The normalized spacial score (nSPS) is 19.2. The Morgan fingerprint density at radius 2 is 1.88 bits per heavy atom. The number of nitrogens with zero attached hydrogens (tertiary/aromatic N) is 3. The van der Waals surface area contributed by atoms with Crippen LogP contribution in [0.4, 0.5) is 9.18 Å². The molecule has 1 aromatic heterocycles. The summed E-state index contributed by atoms with van der Waals surface area (Å²) in [6.45, 7) is 2.91. The number of carbonyl (C=O) groups is 3. The zero-order chi connectivity index (χ0) is 24.0. The Balaban J connectivity index is 1.25. The number of amides is 3. The molecule has 1 aliphatic heterocycles. The first-order valence-electron chi connectivity index (χ1n) is 11.0. The standard InChI is InChI=1S/C24H23FN4O5/c1-14-13-28(10-11-29(14)22(31)24(8-9-24)27-23(32)33)21(30)16-4-2-15(3-5-16)20-26-18-7-6-17(25)12-19(18)34-20/h2-7,12,14,27H,8-11,13H2,1H3,(H,32,33). The van der Waals surface area contributed by atoms with Crippen LogP contribution in [-0.2, 0) is 4.79 Å². The number of carboxylic acid groups (broad SMARTS) is 1. The van der Waals surface area contributed by atoms with E-state index in [1.807, 2.05) is 6.92 Å². The van der Waals surface area contributed by atoms with Crippen LogP contribution < -0.4 is 5.32 Å². The van der Waals surface area contributed by atoms with E-state index in [4.69, 9.17) is 9.52 Å². The first-order chi connectivity index (χ1) is 16.3. The molecule has 2 aromatic carbocycles. The fourth-order valence-electron chi connectivity index (χ4n) is 4.40. The Morgan fingerprint density at radius 1 is 1.15 bits per heavy atom. The lowest BCUT2D eigenvalue weighted by Crippen LogP contribution is -2.60. The van der Waals surface area contributed by atoms with Crippen LogP contribution in [0.1, 0.15) is 30.1 Å². The van der Waals surface area contributed by atoms with Gasteiger partial charge in [0.15, 0.2) is 5.58 Å². The number of aromatic nitrogens is 1. The van der Waals surface area contributed by atoms with Crippen LogP contribution in [0.3, 0.4) is 0 Å². The monoisotopic (exact) mass is 466 g/mol. The molecule has 1 aliphatic carbocycles. The van der Waals surface area contributed by atoms with Gasteiger partial charge in [-0.2, -0.15) is 0 Å². The van der Waals surface area contributed by atoms with Crippen LogP contribution in [-0.4, -0.2) is 69.0 Å². The Labute approximate surface area is 194 Å². The van der Waals surface area contributed by atoms with E-state index in [1.165, 1.54) is 12.1 Å². The Hall–Kier alpha value is -3.95. The molecular formula is C24H23FN4O5. The third-order valence-electron chi connectivity index (χ3n) is 6.41. The SMILES string of the molecule is CC1CN(C(=O)c2ccc(-c3nc4ccc(F)cc4o3)cc2)CCN1C(=O)C1(NC(=O)O)CC1. The van der Waals surface area contributed by atoms with Gasteiger partial charge in [0.25, 0.3) is 5.91 Å². The number of piperazine rings is 1. The molecular weight excluding hydrogens is 443 g/mol. The first kappa shape index (κ1) is 21.9. The van der Waals surface area contributed by atoms with Crippen molar-refractivity contribution in [2.75, 3.05) is 19.6 Å². The number of fused-ring (bicyclic) bond motifs is 1. The summed E-state index contributed by atoms with van der Waals surface area (Å²) in [5.74, 6) is -0.450. The molecule has 9 nitrogen and oxygen atoms in total. The number of hydrogen-bond donors (Lipinski definition) is 2. The summed E-state index contributed by atoms with van der Waals surface area (Å²) >= 11 is 0. The maximum atomic E-state index is 13.4. The van der Waals surface area contributed by atoms with E-state index in [0.29, 0.717) is 60.6 Å². The number of nitrogens with one attached hydrogen (secondary N) is 1. The van der Waals surface area contributed by atoms with Gasteiger partial charge in [0.1, 0.15) is 16.9 Å². The highest BCUT2D eigenvalue weighted by Gasteiger charge is 2.54. The second kappa shape index (κ2) is 8.12. The van der Waals surface area contributed by atoms with Crippen molar-refractivity contribution in [3.63, 3.8) is 0 Å². The van der Waals surface area contributed by atoms with Gasteiger partial charge >= 0.3 is 6.09 Å². The molecule has 3 aromatic rings. The summed E-state index contributed by atoms with van der Waals surface area (Å²) in [6.07, 6.45) is -0.225. The topological polar surface area (TPSA) is 116 Å². The van der Waals surface area contributed by atoms with Crippen LogP contribution in [0.25, 0.3) is 22.6 Å². The Kier molecular flexibility index (Phi) is 5.22. The van der Waals surface area contributed by atoms with Crippen LogP contribution >= 0.6 is 0 Å². The van der Waals surface area contributed by atoms with Gasteiger partial charge < -0.3 is 24.6 Å². The molecule has 176 valence electrons. The smallest absolute Gasteiger partial charge is 0.405 e. The molecule has 3 amide bonds. The molecule has 0 spiro atoms. The Morgan fingerprint density at radius 3 is 2.53 bits per heavy atom. The van der Waals surface area contributed by atoms with E-state index in [2.05, 4.69) is 10.3 Å². The van der Waals surface area contributed by atoms with Crippen LogP contribution in [0.15, 0.2) is 46.9 Å². The van der Waals surface area contributed by atoms with E-state index < -0.39 is 17.4 Å². The first-order valence-corrected chi connectivity index (χ1v) is 11.0. The number of carbonyl (C=O) groups excluding carboxylic acids is 2. The lowest BCUT2D eigenvalue weighted by molar-refractivity contribution is -0.138. The minimum Gasteiger partial charge on any atom is -0.465 e. The predicted octanol–water partition coefficient (Wildman–Crippen LogP) is 3.11. The van der Waals surface area contributed by atoms with Crippen molar-refractivity contribution in [3.05, 3.63) is 53.8 Å². The third kappa shape index (κ3) is 3.95. The van der Waals surface area contributed by atoms with Crippen molar-refractivity contribution in [1.82, 2.24) is 20.1 Å². The second-order valence-corrected chi connectivity index (χ2v) is 8.82. The van der Waals surface area contributed by atoms with Crippen molar-refractivity contribution in [1.29, 1.82) is 0 Å². The molecule has 0 bridgehead atoms. The summed E-state index contributed by atoms with van der Waals surface area (Å²) in [4.78, 5) is 44.7. The molecule has 2 N–H and O–H groups in total. The van der Waals surface area contributed by atoms with Gasteiger partial charge in [0, 0.05) is 42.9 Å². The van der Waals surface area contributed by atoms with E-state index >= 15 is 0 Å². The van der Waals surface area contributed by atoms with Gasteiger partial charge in [0.05, 0.1) is 0 Å². The number of oxazole rings is 1. The average Bonchev–Trinajstić information content (AvgIpc) is 3.46. The number of halogens is 1. The molecule has 2 heterocycles. The quantitative estimate of drug-likeness (QED) is 0.611. The summed E-state index contributed by atoms with van der Waals surface area (Å²) in [5, 5.41) is 11.4. The molecule has 2 aliphatic rings. The molecule has 2 fully saturated rings. The summed E-state index contributed by atoms with van der Waals surface area (Å²) < 4.78 is 19.0. The van der Waals surface area contributed by atoms with E-state index in [0.717, 1.165) is 0 Å². The van der Waals surface area contributed by atoms with Gasteiger partial charge in [-0.15, -0.1) is 0 Å². The van der Waals surface area contributed by atoms with Gasteiger partial charge in [-0.25, -0.2) is 14.2 Å². The number of benzene rings is 2. The number of hydrogen-bond acceptors (Lipinski definition) is 5. The summed E-state index contributed by atoms with van der Waals surface area (Å²) in [7, 11) is 0. The van der Waals surface area contributed by atoms with Gasteiger partial charge in [-0.3, -0.25) is 9.59 Å². The lowest BCUT2D eigenvalue weighted by Gasteiger charge is -2.41. The highest BCUT2D eigenvalue weighted by atomic mass is 19.1. The third-order valence-corrected chi connectivity index (χ3v) is 6.41. The van der Waals surface area contributed by atoms with Crippen LogP contribution in [0, 0.1) is 5.82 Å². The average molecular weight is 466 g/mol. The van der Waals surface area contributed by atoms with Gasteiger partial charge in [-0.1, -0.05) is 0 Å². The molecule has 1 saturated carbocycles. The van der Waals surface area contributed by atoms with Crippen molar-refractivity contribution < 1.29 is 28.3 Å². The maximum absolute atomic E-state index is 13.4. The zero-order valence-electron chi connectivity index (χ0n) is 18.5. The highest BCUT2D eigenvalue weighted by molar-refractivity contribution is 5.96. The number of rotatable bonds is 4. The zero-order valence-corrected chi connectivity index (χ0v) is 18.5. The highest BCUT2D eigenvalue weighted by Crippen LogP contribution is 2.38. The Bertz CT molecular complexity index is 1280. The molecule has 1 atom stereocenters.